The molecule has 2 saturated heterocycles. The fourth-order valence-electron chi connectivity index (χ4n) is 6.92. The zero-order chi connectivity index (χ0) is 40.1. The first-order chi connectivity index (χ1) is 28.3. The molecule has 308 valence electrons. The Labute approximate surface area is 358 Å². The number of thiazole rings is 2. The lowest BCUT2D eigenvalue weighted by Gasteiger charge is -2.33. The Morgan fingerprint density at radius 1 is 0.576 bits per heavy atom. The molecule has 4 amide bonds. The summed E-state index contributed by atoms with van der Waals surface area (Å²) in [6.07, 6.45) is 14.4. The van der Waals surface area contributed by atoms with E-state index in [1.165, 1.54) is 61.2 Å². The van der Waals surface area contributed by atoms with Crippen LogP contribution in [0.15, 0.2) is 96.2 Å². The molecule has 0 bridgehead atoms. The minimum atomic E-state index is -0.354. The van der Waals surface area contributed by atoms with E-state index < -0.39 is 0 Å². The molecule has 0 spiro atoms. The smallest absolute Gasteiger partial charge is 0.295 e. The monoisotopic (exact) mass is 852 g/mol. The second-order valence-electron chi connectivity index (χ2n) is 14.4. The fourth-order valence-corrected chi connectivity index (χ4v) is 8.44. The van der Waals surface area contributed by atoms with Gasteiger partial charge in [-0.1, -0.05) is 25.0 Å². The van der Waals surface area contributed by atoms with Crippen LogP contribution in [0.3, 0.4) is 0 Å². The molecule has 59 heavy (non-hydrogen) atoms. The number of likely N-dealkylation sites (tertiary alicyclic amines) is 2. The summed E-state index contributed by atoms with van der Waals surface area (Å²) in [5.74, 6) is 2.10. The molecule has 0 saturated carbocycles. The van der Waals surface area contributed by atoms with Crippen molar-refractivity contribution < 1.29 is 9.59 Å². The highest BCUT2D eigenvalue weighted by Crippen LogP contribution is 2.27. The zero-order valence-corrected chi connectivity index (χ0v) is 35.5. The third-order valence-corrected chi connectivity index (χ3v) is 11.8. The van der Waals surface area contributed by atoms with E-state index in [4.69, 9.17) is 0 Å². The highest BCUT2D eigenvalue weighted by atomic mass is 35.5. The summed E-state index contributed by atoms with van der Waals surface area (Å²) < 4.78 is 0. The first-order valence-corrected chi connectivity index (χ1v) is 21.4. The Morgan fingerprint density at radius 3 is 1.39 bits per heavy atom. The molecule has 0 radical (unpaired) electrons. The molecule has 17 heteroatoms. The van der Waals surface area contributed by atoms with Crippen molar-refractivity contribution in [3.63, 3.8) is 0 Å². The number of rotatable bonds is 10. The quantitative estimate of drug-likeness (QED) is 0.104. The van der Waals surface area contributed by atoms with Crippen LogP contribution in [0, 0.1) is 0 Å². The minimum absolute atomic E-state index is 0. The van der Waals surface area contributed by atoms with Gasteiger partial charge >= 0.3 is 12.1 Å². The van der Waals surface area contributed by atoms with Gasteiger partial charge in [0.25, 0.3) is 0 Å². The number of amides is 4. The first-order valence-electron chi connectivity index (χ1n) is 19.6. The molecule has 6 aromatic rings. The molecule has 8 rings (SSSR count). The lowest BCUT2D eigenvalue weighted by molar-refractivity contribution is 0.151. The zero-order valence-electron chi connectivity index (χ0n) is 33.1. The molecule has 2 unspecified atom stereocenters. The predicted octanol–water partition coefficient (Wildman–Crippen LogP) is 9.66. The highest BCUT2D eigenvalue weighted by molar-refractivity contribution is 7.13. The third kappa shape index (κ3) is 12.8. The van der Waals surface area contributed by atoms with Gasteiger partial charge in [0.1, 0.15) is 33.3 Å². The van der Waals surface area contributed by atoms with Crippen LogP contribution in [0.4, 0.5) is 32.9 Å². The summed E-state index contributed by atoms with van der Waals surface area (Å²) in [4.78, 5) is 55.8. The van der Waals surface area contributed by atoms with E-state index in [1.54, 1.807) is 36.9 Å². The number of nitrogens with zero attached hydrogens (tertiary/aromatic N) is 8. The lowest BCUT2D eigenvalue weighted by atomic mass is 10.0. The van der Waals surface area contributed by atoms with Crippen LogP contribution >= 0.6 is 35.1 Å². The van der Waals surface area contributed by atoms with Crippen LogP contribution in [0.25, 0.3) is 21.1 Å². The molecular formula is C42H49ClN12O2S2. The number of pyridine rings is 4. The van der Waals surface area contributed by atoms with E-state index in [1.807, 2.05) is 59.3 Å². The van der Waals surface area contributed by atoms with E-state index in [0.717, 1.165) is 58.7 Å². The first kappa shape index (κ1) is 43.2. The Bertz CT molecular complexity index is 2090. The van der Waals surface area contributed by atoms with Crippen molar-refractivity contribution in [1.29, 1.82) is 0 Å². The van der Waals surface area contributed by atoms with Crippen molar-refractivity contribution in [2.75, 3.05) is 34.4 Å². The van der Waals surface area contributed by atoms with Crippen molar-refractivity contribution in [3.8, 4) is 21.1 Å². The molecule has 14 nitrogen and oxygen atoms in total. The van der Waals surface area contributed by atoms with Gasteiger partial charge < -0.3 is 0 Å². The van der Waals surface area contributed by atoms with Crippen molar-refractivity contribution in [1.82, 2.24) is 39.7 Å². The minimum Gasteiger partial charge on any atom is -0.295 e. The number of nitrogens with one attached hydrogen (secondary N) is 4. The Hall–Kier alpha value is -5.39. The lowest BCUT2D eigenvalue weighted by Crippen LogP contribution is -2.37. The van der Waals surface area contributed by atoms with E-state index in [0.29, 0.717) is 35.4 Å². The average molecular weight is 854 g/mol. The van der Waals surface area contributed by atoms with Gasteiger partial charge in [-0.3, -0.25) is 41.0 Å². The number of anilines is 4. The normalized spacial score (nSPS) is 16.8. The number of aromatic nitrogens is 6. The van der Waals surface area contributed by atoms with Crippen LogP contribution in [-0.4, -0.2) is 76.9 Å². The van der Waals surface area contributed by atoms with Crippen molar-refractivity contribution in [2.45, 2.75) is 77.5 Å². The number of urea groups is 2. The average Bonchev–Trinajstić information content (AvgIpc) is 3.91. The standard InChI is InChI=1S/2C21H24N6OS.ClH/c2*1-15-5-2-3-12-27(15)13-17-6-4-7-18(23-17)25-21(28)26-19-14-29-20(24-19)16-8-10-22-11-9-16;/h2*4,6-11,14-15H,2-3,5,12-13H2,1H3,(H2,23,25,26,28);1H. The van der Waals surface area contributed by atoms with Gasteiger partial charge in [-0.2, -0.15) is 0 Å². The summed E-state index contributed by atoms with van der Waals surface area (Å²) in [6.45, 7) is 8.35. The SMILES string of the molecule is CC1CCCCN1Cc1cccc(NC(=O)Nc2csc(-c3ccncc3)n2)n1.CC1CCCCN1Cc1cccc(NC(=O)Nc2csc(-c3ccncc3)n2)n1.Cl. The van der Waals surface area contributed by atoms with E-state index >= 15 is 0 Å². The van der Waals surface area contributed by atoms with Crippen molar-refractivity contribution >= 4 is 70.4 Å². The topological polar surface area (TPSA) is 166 Å². The molecule has 6 aromatic heterocycles. The van der Waals surface area contributed by atoms with Gasteiger partial charge in [0.15, 0.2) is 0 Å². The summed E-state index contributed by atoms with van der Waals surface area (Å²) >= 11 is 2.94. The van der Waals surface area contributed by atoms with Crippen LogP contribution in [-0.2, 0) is 13.1 Å². The third-order valence-electron chi connectivity index (χ3n) is 10.1. The van der Waals surface area contributed by atoms with Gasteiger partial charge in [-0.25, -0.2) is 29.5 Å². The highest BCUT2D eigenvalue weighted by Gasteiger charge is 2.20. The number of carbonyl (C=O) groups excluding carboxylic acids is 2. The molecule has 0 aromatic carbocycles. The largest absolute Gasteiger partial charge is 0.326 e. The van der Waals surface area contributed by atoms with Gasteiger partial charge in [-0.15, -0.1) is 35.1 Å². The fraction of sp³-hybridized carbons (Fsp3) is 0.333. The Balaban J connectivity index is 0.000000195. The molecule has 2 aliphatic rings. The molecule has 8 heterocycles. The second-order valence-corrected chi connectivity index (χ2v) is 16.1. The van der Waals surface area contributed by atoms with Crippen molar-refractivity contribution in [3.05, 3.63) is 108 Å². The van der Waals surface area contributed by atoms with Crippen LogP contribution < -0.4 is 21.3 Å². The van der Waals surface area contributed by atoms with E-state index in [9.17, 15) is 9.59 Å². The van der Waals surface area contributed by atoms with Crippen LogP contribution in [0.2, 0.25) is 0 Å². The molecule has 2 atom stereocenters. The number of hydrogen-bond acceptors (Lipinski definition) is 12. The van der Waals surface area contributed by atoms with E-state index in [2.05, 4.69) is 74.8 Å². The number of halogens is 1. The molecule has 2 fully saturated rings. The number of piperidine rings is 2. The van der Waals surface area contributed by atoms with Gasteiger partial charge in [-0.05, 0) is 101 Å². The molecule has 2 aliphatic heterocycles. The predicted molar refractivity (Wildman–Crippen MR) is 239 cm³/mol. The maximum atomic E-state index is 12.4. The van der Waals surface area contributed by atoms with Crippen LogP contribution in [0.1, 0.15) is 63.8 Å². The maximum absolute atomic E-state index is 12.4. The second kappa shape index (κ2) is 21.6. The molecule has 0 aliphatic carbocycles. The summed E-state index contributed by atoms with van der Waals surface area (Å²) in [6, 6.07) is 19.5. The van der Waals surface area contributed by atoms with Gasteiger partial charge in [0, 0.05) is 71.8 Å². The van der Waals surface area contributed by atoms with Gasteiger partial charge in [0.05, 0.1) is 11.4 Å². The summed E-state index contributed by atoms with van der Waals surface area (Å²) in [5.41, 5.74) is 3.87. The Morgan fingerprint density at radius 2 is 0.983 bits per heavy atom. The summed E-state index contributed by atoms with van der Waals surface area (Å²) in [7, 11) is 0. The summed E-state index contributed by atoms with van der Waals surface area (Å²) in [5, 5.41) is 16.4. The molecule has 4 N–H and O–H groups in total. The van der Waals surface area contributed by atoms with Crippen molar-refractivity contribution in [2.24, 2.45) is 0 Å². The maximum Gasteiger partial charge on any atom is 0.326 e. The number of carbonyl (C=O) groups is 2. The molecular weight excluding hydrogens is 804 g/mol. The number of hydrogen-bond donors (Lipinski definition) is 4. The van der Waals surface area contributed by atoms with Crippen LogP contribution in [0.5, 0.6) is 0 Å². The Kier molecular flexibility index (Phi) is 15.8. The van der Waals surface area contributed by atoms with E-state index in [-0.39, 0.29) is 24.5 Å². The van der Waals surface area contributed by atoms with Gasteiger partial charge in [0.2, 0.25) is 0 Å².